The molecule has 3 heterocycles. The minimum Gasteiger partial charge on any atom is -0.487 e. The Morgan fingerprint density at radius 3 is 2.73 bits per heavy atom. The molecule has 6 heteroatoms. The molecule has 0 saturated carbocycles. The first-order valence-electron chi connectivity index (χ1n) is 11.0. The van der Waals surface area contributed by atoms with Crippen molar-refractivity contribution in [1.82, 2.24) is 14.6 Å². The fraction of sp³-hybridized carbons (Fsp3) is 0.542. The van der Waals surface area contributed by atoms with Crippen LogP contribution in [-0.2, 0) is 19.7 Å². The van der Waals surface area contributed by atoms with Gasteiger partial charge < -0.3 is 18.9 Å². The van der Waals surface area contributed by atoms with Crippen molar-refractivity contribution in [2.75, 3.05) is 13.1 Å². The first-order chi connectivity index (χ1) is 14.5. The van der Waals surface area contributed by atoms with Crippen molar-refractivity contribution in [1.29, 1.82) is 0 Å². The van der Waals surface area contributed by atoms with Gasteiger partial charge in [0.05, 0.1) is 6.10 Å². The van der Waals surface area contributed by atoms with E-state index in [9.17, 15) is 5.11 Å². The Labute approximate surface area is 178 Å². The zero-order chi connectivity index (χ0) is 21.1. The van der Waals surface area contributed by atoms with E-state index in [-0.39, 0.29) is 6.10 Å². The van der Waals surface area contributed by atoms with Gasteiger partial charge in [-0.3, -0.25) is 4.90 Å². The molecule has 1 fully saturated rings. The van der Waals surface area contributed by atoms with Crippen molar-refractivity contribution in [2.45, 2.75) is 65.8 Å². The van der Waals surface area contributed by atoms with Gasteiger partial charge in [-0.25, -0.2) is 0 Å². The number of aryl methyl sites for hydroxylation is 2. The predicted molar refractivity (Wildman–Crippen MR) is 117 cm³/mol. The zero-order valence-corrected chi connectivity index (χ0v) is 18.3. The Kier molecular flexibility index (Phi) is 6.44. The fourth-order valence-corrected chi connectivity index (χ4v) is 4.11. The number of likely N-dealkylation sites (tertiary alicyclic amines) is 1. The summed E-state index contributed by atoms with van der Waals surface area (Å²) in [6.07, 6.45) is 5.04. The summed E-state index contributed by atoms with van der Waals surface area (Å²) in [4.78, 5) is 2.44. The SMILES string of the molecule is Cc1cc(COc2ccc3c(c2)c(CN2CCC(O)CC2)cn3CCC(C)C)no1. The molecular weight excluding hydrogens is 378 g/mol. The smallest absolute Gasteiger partial charge is 0.134 e. The first-order valence-corrected chi connectivity index (χ1v) is 11.0. The molecule has 1 saturated heterocycles. The summed E-state index contributed by atoms with van der Waals surface area (Å²) >= 11 is 0. The Morgan fingerprint density at radius 1 is 1.23 bits per heavy atom. The molecule has 2 aromatic heterocycles. The van der Waals surface area contributed by atoms with Gasteiger partial charge in [0, 0.05) is 49.3 Å². The Morgan fingerprint density at radius 2 is 2.03 bits per heavy atom. The molecule has 0 unspecified atom stereocenters. The second kappa shape index (κ2) is 9.23. The maximum absolute atomic E-state index is 9.82. The van der Waals surface area contributed by atoms with Gasteiger partial charge in [0.1, 0.15) is 23.8 Å². The molecule has 1 aliphatic rings. The summed E-state index contributed by atoms with van der Waals surface area (Å²) in [6.45, 7) is 10.6. The number of aliphatic hydroxyl groups is 1. The van der Waals surface area contributed by atoms with E-state index in [1.165, 1.54) is 16.5 Å². The number of rotatable bonds is 8. The van der Waals surface area contributed by atoms with Crippen LogP contribution in [0.15, 0.2) is 35.0 Å². The van der Waals surface area contributed by atoms with Crippen LogP contribution in [0, 0.1) is 12.8 Å². The summed E-state index contributed by atoms with van der Waals surface area (Å²) in [5.74, 6) is 2.31. The molecule has 1 aromatic carbocycles. The second-order valence-corrected chi connectivity index (χ2v) is 8.93. The molecular formula is C24H33N3O3. The van der Waals surface area contributed by atoms with Gasteiger partial charge in [0.25, 0.3) is 0 Å². The zero-order valence-electron chi connectivity index (χ0n) is 18.3. The summed E-state index contributed by atoms with van der Waals surface area (Å²) in [5.41, 5.74) is 3.38. The minimum absolute atomic E-state index is 0.145. The highest BCUT2D eigenvalue weighted by molar-refractivity contribution is 5.85. The number of hydrogen-bond donors (Lipinski definition) is 1. The monoisotopic (exact) mass is 411 g/mol. The van der Waals surface area contributed by atoms with Gasteiger partial charge in [-0.05, 0) is 55.9 Å². The van der Waals surface area contributed by atoms with Crippen molar-refractivity contribution < 1.29 is 14.4 Å². The van der Waals surface area contributed by atoms with E-state index in [0.29, 0.717) is 12.5 Å². The molecule has 4 rings (SSSR count). The van der Waals surface area contributed by atoms with Crippen molar-refractivity contribution in [3.05, 3.63) is 47.5 Å². The van der Waals surface area contributed by atoms with E-state index < -0.39 is 0 Å². The van der Waals surface area contributed by atoms with Crippen LogP contribution in [0.2, 0.25) is 0 Å². The number of piperidine rings is 1. The molecule has 6 nitrogen and oxygen atoms in total. The van der Waals surface area contributed by atoms with E-state index >= 15 is 0 Å². The van der Waals surface area contributed by atoms with Gasteiger partial charge in [0.15, 0.2) is 0 Å². The third kappa shape index (κ3) is 5.05. The van der Waals surface area contributed by atoms with Gasteiger partial charge >= 0.3 is 0 Å². The molecule has 1 aliphatic heterocycles. The molecule has 0 bridgehead atoms. The van der Waals surface area contributed by atoms with Crippen LogP contribution in [0.3, 0.4) is 0 Å². The van der Waals surface area contributed by atoms with Gasteiger partial charge in [-0.1, -0.05) is 19.0 Å². The van der Waals surface area contributed by atoms with Crippen LogP contribution >= 0.6 is 0 Å². The van der Waals surface area contributed by atoms with E-state index in [1.54, 1.807) is 0 Å². The van der Waals surface area contributed by atoms with Crippen LogP contribution in [-0.4, -0.2) is 38.9 Å². The quantitative estimate of drug-likeness (QED) is 0.590. The maximum atomic E-state index is 9.82. The number of hydrogen-bond acceptors (Lipinski definition) is 5. The van der Waals surface area contributed by atoms with Crippen molar-refractivity contribution in [3.8, 4) is 5.75 Å². The average molecular weight is 412 g/mol. The number of ether oxygens (including phenoxy) is 1. The van der Waals surface area contributed by atoms with Crippen LogP contribution in [0.1, 0.15) is 50.1 Å². The van der Waals surface area contributed by atoms with Gasteiger partial charge in [-0.15, -0.1) is 0 Å². The number of aromatic nitrogens is 2. The highest BCUT2D eigenvalue weighted by atomic mass is 16.5. The topological polar surface area (TPSA) is 63.7 Å². The molecule has 0 aliphatic carbocycles. The van der Waals surface area contributed by atoms with Crippen LogP contribution < -0.4 is 4.74 Å². The third-order valence-electron chi connectivity index (χ3n) is 5.90. The molecule has 30 heavy (non-hydrogen) atoms. The van der Waals surface area contributed by atoms with Crippen LogP contribution in [0.4, 0.5) is 0 Å². The lowest BCUT2D eigenvalue weighted by molar-refractivity contribution is 0.0794. The summed E-state index contributed by atoms with van der Waals surface area (Å²) < 4.78 is 13.5. The van der Waals surface area contributed by atoms with E-state index in [4.69, 9.17) is 9.26 Å². The van der Waals surface area contributed by atoms with Crippen molar-refractivity contribution >= 4 is 10.9 Å². The van der Waals surface area contributed by atoms with Crippen LogP contribution in [0.5, 0.6) is 5.75 Å². The highest BCUT2D eigenvalue weighted by Crippen LogP contribution is 2.29. The lowest BCUT2D eigenvalue weighted by atomic mass is 10.1. The number of aliphatic hydroxyl groups excluding tert-OH is 1. The maximum Gasteiger partial charge on any atom is 0.134 e. The summed E-state index contributed by atoms with van der Waals surface area (Å²) in [6, 6.07) is 8.27. The second-order valence-electron chi connectivity index (χ2n) is 8.93. The molecule has 162 valence electrons. The third-order valence-corrected chi connectivity index (χ3v) is 5.90. The molecule has 3 aromatic rings. The highest BCUT2D eigenvalue weighted by Gasteiger charge is 2.19. The summed E-state index contributed by atoms with van der Waals surface area (Å²) in [7, 11) is 0. The lowest BCUT2D eigenvalue weighted by Gasteiger charge is -2.29. The average Bonchev–Trinajstić information content (AvgIpc) is 3.29. The summed E-state index contributed by atoms with van der Waals surface area (Å²) in [5, 5.41) is 15.1. The molecule has 0 spiro atoms. The van der Waals surface area contributed by atoms with Crippen molar-refractivity contribution in [3.63, 3.8) is 0 Å². The van der Waals surface area contributed by atoms with E-state index in [2.05, 4.69) is 46.8 Å². The number of nitrogens with zero attached hydrogens (tertiary/aromatic N) is 3. The lowest BCUT2D eigenvalue weighted by Crippen LogP contribution is -2.35. The molecule has 1 N–H and O–H groups in total. The predicted octanol–water partition coefficient (Wildman–Crippen LogP) is 4.52. The standard InChI is InChI=1S/C24H33N3O3/c1-17(2)6-11-27-15-19(14-26-9-7-21(28)8-10-26)23-13-22(4-5-24(23)27)29-16-20-12-18(3)30-25-20/h4-5,12-13,15,17,21,28H,6-11,14,16H2,1-3H3. The minimum atomic E-state index is -0.145. The van der Waals surface area contributed by atoms with Crippen LogP contribution in [0.25, 0.3) is 10.9 Å². The molecule has 0 amide bonds. The van der Waals surface area contributed by atoms with Gasteiger partial charge in [0.2, 0.25) is 0 Å². The molecule has 0 atom stereocenters. The molecule has 0 radical (unpaired) electrons. The Balaban J connectivity index is 1.56. The number of benzene rings is 1. The Hall–Kier alpha value is -2.31. The van der Waals surface area contributed by atoms with E-state index in [1.807, 2.05) is 19.1 Å². The first kappa shape index (κ1) is 20.9. The largest absolute Gasteiger partial charge is 0.487 e. The van der Waals surface area contributed by atoms with Crippen molar-refractivity contribution in [2.24, 2.45) is 5.92 Å². The fourth-order valence-electron chi connectivity index (χ4n) is 4.11. The van der Waals surface area contributed by atoms with Gasteiger partial charge in [-0.2, -0.15) is 0 Å². The Bertz CT molecular complexity index is 967. The van der Waals surface area contributed by atoms with E-state index in [0.717, 1.165) is 62.6 Å². The normalized spacial score (nSPS) is 16.0. The number of fused-ring (bicyclic) bond motifs is 1.